The molecule has 0 atom stereocenters. The molecule has 0 radical (unpaired) electrons. The zero-order valence-electron chi connectivity index (χ0n) is 10.2. The van der Waals surface area contributed by atoms with E-state index < -0.39 is 5.97 Å². The minimum Gasteiger partial charge on any atom is -0.492 e. The molecular weight excluding hydrogens is 252 g/mol. The highest BCUT2D eigenvalue weighted by atomic mass is 32.1. The number of anilines is 1. The van der Waals surface area contributed by atoms with Crippen molar-refractivity contribution in [2.24, 2.45) is 5.92 Å². The number of aliphatic carboxylic acids is 1. The summed E-state index contributed by atoms with van der Waals surface area (Å²) in [5.41, 5.74) is 0. The molecule has 1 aromatic rings. The average molecular weight is 270 g/mol. The number of nitrogens with zero attached hydrogens (tertiary/aromatic N) is 1. The summed E-state index contributed by atoms with van der Waals surface area (Å²) in [4.78, 5) is 14.9. The first kappa shape index (κ1) is 13.1. The van der Waals surface area contributed by atoms with Gasteiger partial charge in [0.25, 0.3) is 0 Å². The summed E-state index contributed by atoms with van der Waals surface area (Å²) in [6.45, 7) is 0.861. The van der Waals surface area contributed by atoms with Crippen LogP contribution in [0.2, 0.25) is 0 Å². The minimum absolute atomic E-state index is 0.159. The van der Waals surface area contributed by atoms with Gasteiger partial charge in [-0.2, -0.15) is 4.98 Å². The minimum atomic E-state index is -0.951. The number of hydrogen-bond acceptors (Lipinski definition) is 5. The highest BCUT2D eigenvalue weighted by Crippen LogP contribution is 2.30. The largest absolute Gasteiger partial charge is 0.492 e. The van der Waals surface area contributed by atoms with Gasteiger partial charge in [-0.05, 0) is 18.8 Å². The van der Waals surface area contributed by atoms with Crippen LogP contribution in [0.15, 0.2) is 0 Å². The second-order valence-corrected chi connectivity index (χ2v) is 5.80. The van der Waals surface area contributed by atoms with Crippen molar-refractivity contribution < 1.29 is 15.0 Å². The molecule has 1 aromatic heterocycles. The van der Waals surface area contributed by atoms with Crippen molar-refractivity contribution in [3.63, 3.8) is 0 Å². The molecule has 18 heavy (non-hydrogen) atoms. The quantitative estimate of drug-likeness (QED) is 0.765. The molecule has 0 saturated heterocycles. The lowest BCUT2D eigenvalue weighted by molar-refractivity contribution is -0.136. The fourth-order valence-corrected chi connectivity index (χ4v) is 3.15. The Hall–Kier alpha value is -1.30. The molecule has 1 saturated carbocycles. The van der Waals surface area contributed by atoms with E-state index in [-0.39, 0.29) is 12.3 Å². The molecule has 6 heteroatoms. The molecular formula is C12H18N2O3S. The molecule has 0 bridgehead atoms. The van der Waals surface area contributed by atoms with Crippen LogP contribution in [0.25, 0.3) is 0 Å². The van der Waals surface area contributed by atoms with Crippen molar-refractivity contribution in [3.05, 3.63) is 4.88 Å². The summed E-state index contributed by atoms with van der Waals surface area (Å²) >= 11 is 1.22. The fourth-order valence-electron chi connectivity index (χ4n) is 2.29. The van der Waals surface area contributed by atoms with Crippen LogP contribution < -0.4 is 5.32 Å². The molecule has 1 aliphatic carbocycles. The Labute approximate surface area is 110 Å². The smallest absolute Gasteiger partial charge is 0.308 e. The molecule has 2 rings (SSSR count). The number of carboxylic acid groups (broad SMARTS) is 1. The van der Waals surface area contributed by atoms with E-state index in [4.69, 9.17) is 5.11 Å². The van der Waals surface area contributed by atoms with Gasteiger partial charge in [0, 0.05) is 6.54 Å². The molecule has 100 valence electrons. The zero-order chi connectivity index (χ0) is 13.0. The summed E-state index contributed by atoms with van der Waals surface area (Å²) in [6, 6.07) is 0. The SMILES string of the molecule is O=C(O)Cc1sc(NCC2CCCCC2)nc1O. The third-order valence-electron chi connectivity index (χ3n) is 3.26. The van der Waals surface area contributed by atoms with E-state index in [0.29, 0.717) is 15.9 Å². The lowest BCUT2D eigenvalue weighted by Gasteiger charge is -2.21. The molecule has 0 amide bonds. The summed E-state index contributed by atoms with van der Waals surface area (Å²) < 4.78 is 0. The van der Waals surface area contributed by atoms with Crippen LogP contribution in [0.4, 0.5) is 5.13 Å². The van der Waals surface area contributed by atoms with Crippen molar-refractivity contribution in [3.8, 4) is 5.88 Å². The maximum atomic E-state index is 10.6. The van der Waals surface area contributed by atoms with Crippen molar-refractivity contribution in [1.29, 1.82) is 0 Å². The van der Waals surface area contributed by atoms with Crippen LogP contribution in [0, 0.1) is 5.92 Å². The summed E-state index contributed by atoms with van der Waals surface area (Å²) in [5.74, 6) is -0.436. The topological polar surface area (TPSA) is 82.5 Å². The van der Waals surface area contributed by atoms with Gasteiger partial charge < -0.3 is 15.5 Å². The van der Waals surface area contributed by atoms with Gasteiger partial charge in [-0.3, -0.25) is 4.79 Å². The number of aromatic hydroxyl groups is 1. The van der Waals surface area contributed by atoms with Crippen molar-refractivity contribution in [1.82, 2.24) is 4.98 Å². The van der Waals surface area contributed by atoms with E-state index in [1.807, 2.05) is 0 Å². The lowest BCUT2D eigenvalue weighted by Crippen LogP contribution is -2.16. The second kappa shape index (κ2) is 6.04. The number of rotatable bonds is 5. The van der Waals surface area contributed by atoms with Gasteiger partial charge in [0.05, 0.1) is 11.3 Å². The average Bonchev–Trinajstić information content (AvgIpc) is 2.68. The number of carboxylic acids is 1. The Kier molecular flexibility index (Phi) is 4.41. The van der Waals surface area contributed by atoms with Gasteiger partial charge in [-0.15, -0.1) is 0 Å². The standard InChI is InChI=1S/C12H18N2O3S/c15-10(16)6-9-11(17)14-12(18-9)13-7-8-4-2-1-3-5-8/h8,17H,1-7H2,(H,13,14)(H,15,16). The molecule has 1 aliphatic rings. The summed E-state index contributed by atoms with van der Waals surface area (Å²) in [7, 11) is 0. The predicted octanol–water partition coefficient (Wildman–Crippen LogP) is 2.47. The van der Waals surface area contributed by atoms with E-state index in [1.54, 1.807) is 0 Å². The highest BCUT2D eigenvalue weighted by Gasteiger charge is 2.16. The Morgan fingerprint density at radius 2 is 2.11 bits per heavy atom. The first-order valence-corrected chi connectivity index (χ1v) is 7.11. The summed E-state index contributed by atoms with van der Waals surface area (Å²) in [6.07, 6.45) is 6.23. The molecule has 0 unspecified atom stereocenters. The molecule has 0 aromatic carbocycles. The van der Waals surface area contributed by atoms with Crippen LogP contribution in [-0.4, -0.2) is 27.7 Å². The van der Waals surface area contributed by atoms with Crippen molar-refractivity contribution in [2.45, 2.75) is 38.5 Å². The molecule has 0 spiro atoms. The van der Waals surface area contributed by atoms with E-state index in [0.717, 1.165) is 6.54 Å². The first-order valence-electron chi connectivity index (χ1n) is 6.29. The van der Waals surface area contributed by atoms with Gasteiger partial charge in [-0.25, -0.2) is 0 Å². The zero-order valence-corrected chi connectivity index (χ0v) is 11.0. The normalized spacial score (nSPS) is 16.7. The Balaban J connectivity index is 1.87. The van der Waals surface area contributed by atoms with Gasteiger partial charge in [0.1, 0.15) is 0 Å². The van der Waals surface area contributed by atoms with E-state index >= 15 is 0 Å². The van der Waals surface area contributed by atoms with E-state index in [2.05, 4.69) is 10.3 Å². The predicted molar refractivity (Wildman–Crippen MR) is 70.2 cm³/mol. The van der Waals surface area contributed by atoms with E-state index in [1.165, 1.54) is 43.4 Å². The maximum absolute atomic E-state index is 10.6. The van der Waals surface area contributed by atoms with Crippen LogP contribution in [0.3, 0.4) is 0 Å². The molecule has 0 aliphatic heterocycles. The van der Waals surface area contributed by atoms with Crippen molar-refractivity contribution >= 4 is 22.4 Å². The lowest BCUT2D eigenvalue weighted by atomic mass is 9.89. The number of hydrogen-bond donors (Lipinski definition) is 3. The molecule has 3 N–H and O–H groups in total. The monoisotopic (exact) mass is 270 g/mol. The van der Waals surface area contributed by atoms with Gasteiger partial charge in [0.2, 0.25) is 5.88 Å². The van der Waals surface area contributed by atoms with Crippen LogP contribution in [0.5, 0.6) is 5.88 Å². The third kappa shape index (κ3) is 3.60. The second-order valence-electron chi connectivity index (χ2n) is 4.72. The summed E-state index contributed by atoms with van der Waals surface area (Å²) in [5, 5.41) is 22.0. The van der Waals surface area contributed by atoms with Gasteiger partial charge >= 0.3 is 5.97 Å². The number of thiazole rings is 1. The Morgan fingerprint density at radius 3 is 2.78 bits per heavy atom. The number of aromatic nitrogens is 1. The fraction of sp³-hybridized carbons (Fsp3) is 0.667. The van der Waals surface area contributed by atoms with Crippen LogP contribution in [-0.2, 0) is 11.2 Å². The number of carbonyl (C=O) groups is 1. The van der Waals surface area contributed by atoms with Gasteiger partial charge in [-0.1, -0.05) is 30.6 Å². The highest BCUT2D eigenvalue weighted by molar-refractivity contribution is 7.16. The molecule has 1 fully saturated rings. The van der Waals surface area contributed by atoms with Crippen LogP contribution >= 0.6 is 11.3 Å². The molecule has 5 nitrogen and oxygen atoms in total. The van der Waals surface area contributed by atoms with Crippen LogP contribution in [0.1, 0.15) is 37.0 Å². The van der Waals surface area contributed by atoms with E-state index in [9.17, 15) is 9.90 Å². The third-order valence-corrected chi connectivity index (χ3v) is 4.26. The van der Waals surface area contributed by atoms with Crippen molar-refractivity contribution in [2.75, 3.05) is 11.9 Å². The Bertz CT molecular complexity index is 413. The first-order chi connectivity index (χ1) is 8.65. The molecule has 1 heterocycles. The van der Waals surface area contributed by atoms with Gasteiger partial charge in [0.15, 0.2) is 5.13 Å². The number of nitrogens with one attached hydrogen (secondary N) is 1. The Morgan fingerprint density at radius 1 is 1.39 bits per heavy atom. The maximum Gasteiger partial charge on any atom is 0.308 e.